The number of alkyl carbamates (subject to hydrolysis) is 1. The van der Waals surface area contributed by atoms with Gasteiger partial charge in [0.2, 0.25) is 35.4 Å². The topological polar surface area (TPSA) is 385 Å². The summed E-state index contributed by atoms with van der Waals surface area (Å²) in [6, 6.07) is 15.8. The zero-order valence-electron chi connectivity index (χ0n) is 61.9. The summed E-state index contributed by atoms with van der Waals surface area (Å²) >= 11 is 0. The molecular weight excluding hydrogens is 1350 g/mol. The van der Waals surface area contributed by atoms with E-state index in [0.717, 1.165) is 11.1 Å². The number of ether oxygens (including phenoxy) is 4. The second-order valence-electron chi connectivity index (χ2n) is 27.8. The summed E-state index contributed by atoms with van der Waals surface area (Å²) in [5.74, 6) is -8.49. The number of benzene rings is 3. The van der Waals surface area contributed by atoms with Crippen LogP contribution in [0.5, 0.6) is 0 Å². The molecule has 0 bridgehead atoms. The number of methoxy groups -OCH3 is 2. The fourth-order valence-electron chi connectivity index (χ4n) is 12.0. The first-order valence-electron chi connectivity index (χ1n) is 34.4. The lowest BCUT2D eigenvalue weighted by Crippen LogP contribution is -2.60. The molecule has 1 fully saturated rings. The number of urea groups is 1. The van der Waals surface area contributed by atoms with Crippen molar-refractivity contribution in [3.05, 3.63) is 95.6 Å². The SMILES string of the molecule is CC[C@H](C)[C@@H]([C@@H](CC(=O)N1CCC[C@H]1[C@H](OC)[C@@H](C)C(=O)N[C@@H](Cc1ccccc1)C(=O)O)OC)N(C)C(=O)[C@@H](NC(=O)[C@H](C(C)C)N(C)Cc1cccc(NC(=O)OCc2ccc(NC(=O)[C@H](CCCNC(N)=O)NC(=O)[C@@H](NC(=O)OC(C)(C)C)C(C)C)cc2)c1)C(C)C.O=C(O)C(F)(F)F. The van der Waals surface area contributed by atoms with E-state index < -0.39 is 120 Å². The third-order valence-electron chi connectivity index (χ3n) is 17.4. The van der Waals surface area contributed by atoms with E-state index in [1.165, 1.54) is 14.2 Å². The van der Waals surface area contributed by atoms with E-state index in [0.29, 0.717) is 42.7 Å². The molecule has 1 saturated heterocycles. The van der Waals surface area contributed by atoms with Gasteiger partial charge in [-0.05, 0) is 118 Å². The predicted molar refractivity (Wildman–Crippen MR) is 378 cm³/mol. The number of carbonyl (C=O) groups is 11. The van der Waals surface area contributed by atoms with Crippen molar-refractivity contribution in [2.24, 2.45) is 35.3 Å². The molecule has 31 heteroatoms. The first-order chi connectivity index (χ1) is 48.1. The maximum absolute atomic E-state index is 14.9. The number of alkyl halides is 3. The number of carboxylic acid groups (broad SMARTS) is 2. The minimum atomic E-state index is -5.08. The Hall–Kier alpha value is -9.10. The lowest BCUT2D eigenvalue weighted by atomic mass is 9.89. The Kier molecular flexibility index (Phi) is 35.8. The highest BCUT2D eigenvalue weighted by atomic mass is 19.4. The normalized spacial score (nSPS) is 16.0. The van der Waals surface area contributed by atoms with Crippen molar-refractivity contribution >= 4 is 77.0 Å². The smallest absolute Gasteiger partial charge is 0.480 e. The predicted octanol–water partition coefficient (Wildman–Crippen LogP) is 7.82. The third kappa shape index (κ3) is 29.3. The number of carboxylic acids is 2. The number of likely N-dealkylation sites (tertiary alicyclic amines) is 1. The average molecular weight is 1460 g/mol. The van der Waals surface area contributed by atoms with Crippen LogP contribution in [0.1, 0.15) is 138 Å². The van der Waals surface area contributed by atoms with E-state index in [1.54, 1.807) is 125 Å². The lowest BCUT2D eigenvalue weighted by Gasteiger charge is -2.41. The Morgan fingerprint density at radius 2 is 1.28 bits per heavy atom. The van der Waals surface area contributed by atoms with E-state index in [1.807, 2.05) is 65.6 Å². The number of hydrogen-bond acceptors (Lipinski definition) is 16. The van der Waals surface area contributed by atoms with Crippen LogP contribution >= 0.6 is 0 Å². The molecule has 0 aliphatic carbocycles. The van der Waals surface area contributed by atoms with Crippen LogP contribution in [0.3, 0.4) is 0 Å². The Labute approximate surface area is 601 Å². The van der Waals surface area contributed by atoms with Crippen molar-refractivity contribution in [1.82, 2.24) is 41.3 Å². The zero-order valence-corrected chi connectivity index (χ0v) is 61.9. The van der Waals surface area contributed by atoms with Crippen molar-refractivity contribution in [2.45, 2.75) is 207 Å². The fourth-order valence-corrected chi connectivity index (χ4v) is 12.0. The number of likely N-dealkylation sites (N-methyl/N-ethyl adjacent to an activating group) is 2. The van der Waals surface area contributed by atoms with Crippen LogP contribution < -0.4 is 43.0 Å². The number of nitrogens with zero attached hydrogens (tertiary/aromatic N) is 3. The number of aliphatic carboxylic acids is 2. The van der Waals surface area contributed by atoms with Gasteiger partial charge in [-0.1, -0.05) is 123 Å². The molecule has 3 aromatic carbocycles. The fraction of sp³-hybridized carbons (Fsp3) is 0.597. The molecule has 574 valence electrons. The van der Waals surface area contributed by atoms with Crippen LogP contribution in [0, 0.1) is 29.6 Å². The Bertz CT molecular complexity index is 3280. The monoisotopic (exact) mass is 1460 g/mol. The van der Waals surface area contributed by atoms with Gasteiger partial charge in [-0.25, -0.2) is 24.0 Å². The number of amides is 10. The summed E-state index contributed by atoms with van der Waals surface area (Å²) in [6.07, 6.45) is -5.92. The lowest BCUT2D eigenvalue weighted by molar-refractivity contribution is -0.192. The van der Waals surface area contributed by atoms with E-state index in [4.69, 9.17) is 34.6 Å². The summed E-state index contributed by atoms with van der Waals surface area (Å²) in [4.78, 5) is 148. The van der Waals surface area contributed by atoms with Crippen molar-refractivity contribution < 1.29 is 95.1 Å². The summed E-state index contributed by atoms with van der Waals surface area (Å²) in [7, 11) is 6.46. The molecular formula is C72H108F3N11O17. The van der Waals surface area contributed by atoms with Crippen LogP contribution in [0.25, 0.3) is 0 Å². The molecule has 11 atom stereocenters. The van der Waals surface area contributed by atoms with Crippen molar-refractivity contribution in [3.8, 4) is 0 Å². The van der Waals surface area contributed by atoms with Gasteiger partial charge in [0.05, 0.1) is 42.7 Å². The molecule has 10 amide bonds. The van der Waals surface area contributed by atoms with Crippen LogP contribution in [-0.2, 0) is 76.9 Å². The third-order valence-corrected chi connectivity index (χ3v) is 17.4. The number of nitrogens with two attached hydrogens (primary N) is 1. The number of hydrogen-bond donors (Lipinski definition) is 10. The van der Waals surface area contributed by atoms with E-state index in [9.17, 15) is 66.2 Å². The molecule has 11 N–H and O–H groups in total. The van der Waals surface area contributed by atoms with Crippen LogP contribution in [0.4, 0.5) is 38.9 Å². The van der Waals surface area contributed by atoms with Gasteiger partial charge in [-0.2, -0.15) is 13.2 Å². The highest BCUT2D eigenvalue weighted by Gasteiger charge is 2.44. The van der Waals surface area contributed by atoms with Crippen LogP contribution in [-0.4, -0.2) is 198 Å². The summed E-state index contributed by atoms with van der Waals surface area (Å²) in [5.41, 5.74) is 7.33. The Morgan fingerprint density at radius 1 is 0.680 bits per heavy atom. The first kappa shape index (κ1) is 88.1. The molecule has 1 aliphatic heterocycles. The van der Waals surface area contributed by atoms with E-state index in [2.05, 4.69) is 37.2 Å². The molecule has 1 heterocycles. The molecule has 0 spiro atoms. The summed E-state index contributed by atoms with van der Waals surface area (Å²) in [6.45, 7) is 22.4. The zero-order chi connectivity index (χ0) is 77.8. The number of halogens is 3. The standard InChI is InChI=1S/C70H107N11O15.C2HF3O2/c1-17-44(8)59(54(93-15)38-55(82)81-35-23-29-53(81)60(94-16)45(9)61(83)76-52(66(88)89)37-46-24-19-18-20-25-46)80(14)65(87)57(42(4)5)77-64(86)58(43(6)7)79(13)39-48-26-21-27-50(36-48)74-68(91)95-40-47-30-32-49(33-31-47)73-62(84)51(28-22-34-72-67(71)90)75-63(85)56(41(2)3)78-69(92)96-70(10,11)12;3-2(4,5)1(6)7/h18-21,24-27,30-33,36,41-45,51-54,56-60H,17,22-23,28-29,34-35,37-40H2,1-16H3,(H,73,84)(H,74,91)(H,75,85)(H,76,83)(H,77,86)(H,78,92)(H,88,89)(H3,71,72,90);(H,6,7)/t44-,45+,51-,52-,53-,54+,56-,57-,58-,59-,60+;/m0./s1. The van der Waals surface area contributed by atoms with Crippen LogP contribution in [0.15, 0.2) is 78.9 Å². The quantitative estimate of drug-likeness (QED) is 0.0248. The van der Waals surface area contributed by atoms with Gasteiger partial charge >= 0.3 is 36.3 Å². The molecule has 3 aromatic rings. The molecule has 0 unspecified atom stereocenters. The number of rotatable bonds is 36. The number of nitrogens with one attached hydrogen (secondary N) is 7. The largest absolute Gasteiger partial charge is 0.490 e. The molecule has 103 heavy (non-hydrogen) atoms. The van der Waals surface area contributed by atoms with Gasteiger partial charge < -0.3 is 76.6 Å². The van der Waals surface area contributed by atoms with Crippen molar-refractivity contribution in [1.29, 1.82) is 0 Å². The molecule has 0 saturated carbocycles. The number of carbonyl (C=O) groups excluding carboxylic acids is 9. The van der Waals surface area contributed by atoms with Gasteiger partial charge in [0, 0.05) is 58.7 Å². The highest BCUT2D eigenvalue weighted by molar-refractivity contribution is 5.98. The van der Waals surface area contributed by atoms with Gasteiger partial charge in [0.15, 0.2) is 0 Å². The second kappa shape index (κ2) is 41.9. The Balaban J connectivity index is 0.00000373. The first-order valence-corrected chi connectivity index (χ1v) is 34.4. The van der Waals surface area contributed by atoms with Crippen LogP contribution in [0.2, 0.25) is 0 Å². The van der Waals surface area contributed by atoms with Gasteiger partial charge in [0.1, 0.15) is 36.4 Å². The van der Waals surface area contributed by atoms with E-state index in [-0.39, 0.29) is 86.8 Å². The molecule has 0 radical (unpaired) electrons. The van der Waals surface area contributed by atoms with Gasteiger partial charge in [-0.15, -0.1) is 0 Å². The molecule has 4 rings (SSSR count). The van der Waals surface area contributed by atoms with Gasteiger partial charge in [-0.3, -0.25) is 39.0 Å². The van der Waals surface area contributed by atoms with Gasteiger partial charge in [0.25, 0.3) is 0 Å². The second-order valence-corrected chi connectivity index (χ2v) is 27.8. The minimum absolute atomic E-state index is 0.0886. The number of primary amides is 1. The summed E-state index contributed by atoms with van der Waals surface area (Å²) < 4.78 is 54.7. The molecule has 28 nitrogen and oxygen atoms in total. The molecule has 0 aromatic heterocycles. The van der Waals surface area contributed by atoms with E-state index >= 15 is 0 Å². The average Bonchev–Trinajstić information content (AvgIpc) is 1.80. The van der Waals surface area contributed by atoms with Crippen molar-refractivity contribution in [2.75, 3.05) is 52.0 Å². The minimum Gasteiger partial charge on any atom is -0.480 e. The maximum atomic E-state index is 14.9. The van der Waals surface area contributed by atoms with Crippen molar-refractivity contribution in [3.63, 3.8) is 0 Å². The summed E-state index contributed by atoms with van der Waals surface area (Å²) in [5, 5.41) is 36.2. The number of anilines is 2. The molecule has 1 aliphatic rings. The Morgan fingerprint density at radius 3 is 1.82 bits per heavy atom. The highest BCUT2D eigenvalue weighted by Crippen LogP contribution is 2.31. The maximum Gasteiger partial charge on any atom is 0.490 e.